The lowest BCUT2D eigenvalue weighted by atomic mass is 10.0. The molecule has 0 aromatic carbocycles. The van der Waals surface area contributed by atoms with Crippen LogP contribution in [-0.4, -0.2) is 47.4 Å². The SMILES string of the molecule is CCCCCCCCC/C=C\CCCCCCCCCC(=O)OCC/C=C\C/C=C\CCCCCCCCCCCCCCCCC(=O)NC(CO)C(O)/C=C/CCCCCCCCCCCC. The molecule has 68 heavy (non-hydrogen) atoms. The molecule has 0 aliphatic heterocycles. The quantitative estimate of drug-likeness (QED) is 0.0321. The van der Waals surface area contributed by atoms with Crippen LogP contribution in [0, 0.1) is 0 Å². The first-order chi connectivity index (χ1) is 33.5. The van der Waals surface area contributed by atoms with Crippen LogP contribution in [-0.2, 0) is 14.3 Å². The molecule has 0 spiro atoms. The van der Waals surface area contributed by atoms with Crippen molar-refractivity contribution in [3.05, 3.63) is 48.6 Å². The maximum Gasteiger partial charge on any atom is 0.305 e. The molecule has 0 heterocycles. The van der Waals surface area contributed by atoms with Gasteiger partial charge in [-0.3, -0.25) is 9.59 Å². The van der Waals surface area contributed by atoms with Gasteiger partial charge in [0.1, 0.15) is 0 Å². The van der Waals surface area contributed by atoms with E-state index < -0.39 is 12.1 Å². The van der Waals surface area contributed by atoms with Crippen LogP contribution in [0.15, 0.2) is 48.6 Å². The van der Waals surface area contributed by atoms with Gasteiger partial charge < -0.3 is 20.3 Å². The zero-order valence-electron chi connectivity index (χ0n) is 45.3. The van der Waals surface area contributed by atoms with Crippen LogP contribution >= 0.6 is 0 Å². The molecule has 0 aliphatic carbocycles. The molecule has 0 rings (SSSR count). The third-order valence-electron chi connectivity index (χ3n) is 13.6. The molecular weight excluding hydrogens is 839 g/mol. The van der Waals surface area contributed by atoms with Crippen LogP contribution in [0.5, 0.6) is 0 Å². The van der Waals surface area contributed by atoms with Gasteiger partial charge in [0, 0.05) is 12.8 Å². The van der Waals surface area contributed by atoms with Crippen molar-refractivity contribution in [2.45, 2.75) is 321 Å². The van der Waals surface area contributed by atoms with E-state index in [2.05, 4.69) is 55.6 Å². The van der Waals surface area contributed by atoms with E-state index in [1.165, 1.54) is 231 Å². The number of nitrogens with one attached hydrogen (secondary N) is 1. The van der Waals surface area contributed by atoms with E-state index in [1.54, 1.807) is 6.08 Å². The van der Waals surface area contributed by atoms with Crippen LogP contribution < -0.4 is 5.32 Å². The molecule has 0 aliphatic rings. The Bertz CT molecular complexity index is 1150. The Kier molecular flexibility index (Phi) is 55.6. The molecule has 6 nitrogen and oxygen atoms in total. The molecule has 0 aromatic rings. The lowest BCUT2D eigenvalue weighted by Crippen LogP contribution is -2.45. The minimum absolute atomic E-state index is 0.0392. The fourth-order valence-corrected chi connectivity index (χ4v) is 9.00. The molecule has 2 atom stereocenters. The van der Waals surface area contributed by atoms with Gasteiger partial charge in [-0.1, -0.05) is 268 Å². The summed E-state index contributed by atoms with van der Waals surface area (Å²) in [6, 6.07) is -0.631. The maximum absolute atomic E-state index is 12.4. The molecular formula is C62H115NO5. The van der Waals surface area contributed by atoms with Crippen molar-refractivity contribution in [1.82, 2.24) is 5.32 Å². The van der Waals surface area contributed by atoms with E-state index in [0.717, 1.165) is 51.4 Å². The normalized spacial score (nSPS) is 12.9. The first-order valence-electron chi connectivity index (χ1n) is 29.9. The highest BCUT2D eigenvalue weighted by molar-refractivity contribution is 5.76. The highest BCUT2D eigenvalue weighted by Gasteiger charge is 2.18. The summed E-state index contributed by atoms with van der Waals surface area (Å²) in [5.41, 5.74) is 0. The number of hydrogen-bond acceptors (Lipinski definition) is 5. The van der Waals surface area contributed by atoms with Crippen molar-refractivity contribution in [3.63, 3.8) is 0 Å². The number of hydrogen-bond donors (Lipinski definition) is 3. The third-order valence-corrected chi connectivity index (χ3v) is 13.6. The second-order valence-electron chi connectivity index (χ2n) is 20.3. The van der Waals surface area contributed by atoms with E-state index >= 15 is 0 Å². The molecule has 0 bridgehead atoms. The summed E-state index contributed by atoms with van der Waals surface area (Å²) >= 11 is 0. The Morgan fingerprint density at radius 3 is 1.13 bits per heavy atom. The van der Waals surface area contributed by atoms with E-state index in [9.17, 15) is 19.8 Å². The predicted octanol–water partition coefficient (Wildman–Crippen LogP) is 18.6. The number of aliphatic hydroxyl groups is 2. The van der Waals surface area contributed by atoms with Gasteiger partial charge in [0.15, 0.2) is 0 Å². The number of allylic oxidation sites excluding steroid dienone is 6. The van der Waals surface area contributed by atoms with Crippen LogP contribution in [0.2, 0.25) is 0 Å². The average molecular weight is 955 g/mol. The summed E-state index contributed by atoms with van der Waals surface area (Å²) in [6.07, 6.45) is 73.0. The summed E-state index contributed by atoms with van der Waals surface area (Å²) in [6.45, 7) is 4.79. The Hall–Kier alpha value is -2.18. The molecule has 0 aromatic heterocycles. The van der Waals surface area contributed by atoms with Gasteiger partial charge in [0.05, 0.1) is 25.4 Å². The Morgan fingerprint density at radius 2 is 0.735 bits per heavy atom. The van der Waals surface area contributed by atoms with Gasteiger partial charge in [0.25, 0.3) is 0 Å². The number of aliphatic hydroxyl groups excluding tert-OH is 2. The van der Waals surface area contributed by atoms with Gasteiger partial charge in [-0.2, -0.15) is 0 Å². The number of rotatable bonds is 55. The monoisotopic (exact) mass is 954 g/mol. The molecule has 1 amide bonds. The van der Waals surface area contributed by atoms with E-state index in [1.807, 2.05) is 6.08 Å². The number of esters is 1. The maximum atomic E-state index is 12.4. The highest BCUT2D eigenvalue weighted by Crippen LogP contribution is 2.16. The molecule has 6 heteroatoms. The molecule has 398 valence electrons. The fraction of sp³-hybridized carbons (Fsp3) is 0.839. The zero-order valence-corrected chi connectivity index (χ0v) is 45.3. The minimum Gasteiger partial charge on any atom is -0.465 e. The lowest BCUT2D eigenvalue weighted by molar-refractivity contribution is -0.143. The summed E-state index contributed by atoms with van der Waals surface area (Å²) in [4.78, 5) is 24.5. The first-order valence-corrected chi connectivity index (χ1v) is 29.9. The number of unbranched alkanes of at least 4 members (excludes halogenated alkanes) is 38. The summed E-state index contributed by atoms with van der Waals surface area (Å²) in [5, 5.41) is 23.0. The zero-order chi connectivity index (χ0) is 49.3. The standard InChI is InChI=1S/C62H115NO5/c1-3-5-7-9-11-13-15-17-18-19-26-29-32-36-40-44-48-52-56-62(67)68-57-53-49-45-41-37-33-30-27-24-22-20-21-23-25-28-31-35-39-43-47-51-55-61(66)63-59(58-64)60(65)54-50-46-42-38-34-16-14-12-10-8-6-4-2/h18-19,33,37,45,49-50,54,59-60,64-65H,3-17,20-32,34-36,38-44,46-48,51-53,55-58H2,1-2H3,(H,63,66)/b19-18-,37-33-,49-45-,54-50+. The predicted molar refractivity (Wildman–Crippen MR) is 296 cm³/mol. The van der Waals surface area contributed by atoms with E-state index in [0.29, 0.717) is 19.4 Å². The van der Waals surface area contributed by atoms with Crippen molar-refractivity contribution in [2.24, 2.45) is 0 Å². The van der Waals surface area contributed by atoms with Crippen molar-refractivity contribution in [1.29, 1.82) is 0 Å². The summed E-state index contributed by atoms with van der Waals surface area (Å²) < 4.78 is 5.43. The largest absolute Gasteiger partial charge is 0.465 e. The second-order valence-corrected chi connectivity index (χ2v) is 20.3. The van der Waals surface area contributed by atoms with Crippen LogP contribution in [0.4, 0.5) is 0 Å². The third kappa shape index (κ3) is 53.2. The highest BCUT2D eigenvalue weighted by atomic mass is 16.5. The molecule has 0 saturated carbocycles. The minimum atomic E-state index is -0.847. The first kappa shape index (κ1) is 65.8. The van der Waals surface area contributed by atoms with E-state index in [-0.39, 0.29) is 18.5 Å². The van der Waals surface area contributed by atoms with Gasteiger partial charge in [-0.15, -0.1) is 0 Å². The van der Waals surface area contributed by atoms with Crippen LogP contribution in [0.25, 0.3) is 0 Å². The van der Waals surface area contributed by atoms with Gasteiger partial charge in [-0.25, -0.2) is 0 Å². The van der Waals surface area contributed by atoms with Gasteiger partial charge in [-0.05, 0) is 77.0 Å². The van der Waals surface area contributed by atoms with Crippen LogP contribution in [0.3, 0.4) is 0 Å². The number of carbonyl (C=O) groups excluding carboxylic acids is 2. The Morgan fingerprint density at radius 1 is 0.412 bits per heavy atom. The summed E-state index contributed by atoms with van der Waals surface area (Å²) in [7, 11) is 0. The molecule has 0 fully saturated rings. The van der Waals surface area contributed by atoms with Crippen molar-refractivity contribution in [2.75, 3.05) is 13.2 Å². The van der Waals surface area contributed by atoms with Crippen molar-refractivity contribution >= 4 is 11.9 Å². The fourth-order valence-electron chi connectivity index (χ4n) is 9.00. The topological polar surface area (TPSA) is 95.9 Å². The number of carbonyl (C=O) groups is 2. The molecule has 2 unspecified atom stereocenters. The van der Waals surface area contributed by atoms with Gasteiger partial charge in [0.2, 0.25) is 5.91 Å². The molecule has 0 saturated heterocycles. The number of amides is 1. The number of ether oxygens (including phenoxy) is 1. The molecule has 3 N–H and O–H groups in total. The molecule has 0 radical (unpaired) electrons. The Balaban J connectivity index is 3.46. The van der Waals surface area contributed by atoms with E-state index in [4.69, 9.17) is 4.74 Å². The smallest absolute Gasteiger partial charge is 0.305 e. The van der Waals surface area contributed by atoms with Crippen molar-refractivity contribution < 1.29 is 24.5 Å². The second kappa shape index (κ2) is 57.4. The van der Waals surface area contributed by atoms with Crippen LogP contribution in [0.1, 0.15) is 309 Å². The van der Waals surface area contributed by atoms with Gasteiger partial charge >= 0.3 is 5.97 Å². The lowest BCUT2D eigenvalue weighted by Gasteiger charge is -2.20. The average Bonchev–Trinajstić information content (AvgIpc) is 3.34. The van der Waals surface area contributed by atoms with Crippen molar-refractivity contribution in [3.8, 4) is 0 Å². The Labute approximate surface area is 423 Å². The summed E-state index contributed by atoms with van der Waals surface area (Å²) in [5.74, 6) is -0.113.